The normalized spacial score (nSPS) is 23.6. The zero-order valence-electron chi connectivity index (χ0n) is 13.0. The van der Waals surface area contributed by atoms with Crippen molar-refractivity contribution in [1.29, 1.82) is 0 Å². The van der Waals surface area contributed by atoms with Crippen LogP contribution >= 0.6 is 23.7 Å². The van der Waals surface area contributed by atoms with Gasteiger partial charge in [0.25, 0.3) is 11.8 Å². The number of carbonyl (C=O) groups excluding carboxylic acids is 2. The standard InChI is InChI=1S/C15H19F2N3O2S.ClH/c16-15(17)7-12(18-9-15)14(22)20-4-1-11(2-5-20)19-13(21)10-3-6-23-8-10;/h3,6,8,11-12,18H,1-2,4-5,7,9H2,(H,19,21);1H. The molecule has 24 heavy (non-hydrogen) atoms. The monoisotopic (exact) mass is 379 g/mol. The summed E-state index contributed by atoms with van der Waals surface area (Å²) < 4.78 is 26.4. The van der Waals surface area contributed by atoms with Crippen molar-refractivity contribution in [3.63, 3.8) is 0 Å². The zero-order chi connectivity index (χ0) is 16.4. The van der Waals surface area contributed by atoms with E-state index in [9.17, 15) is 18.4 Å². The van der Waals surface area contributed by atoms with E-state index in [0.29, 0.717) is 31.5 Å². The Labute approximate surface area is 149 Å². The van der Waals surface area contributed by atoms with Crippen LogP contribution in [0.25, 0.3) is 0 Å². The zero-order valence-corrected chi connectivity index (χ0v) is 14.6. The first-order valence-electron chi connectivity index (χ1n) is 7.68. The van der Waals surface area contributed by atoms with Crippen LogP contribution in [0.3, 0.4) is 0 Å². The number of rotatable bonds is 3. The molecule has 0 spiro atoms. The average molecular weight is 380 g/mol. The molecule has 2 amide bonds. The molecule has 0 saturated carbocycles. The molecule has 3 rings (SSSR count). The Balaban J connectivity index is 0.00000208. The molecule has 2 aliphatic rings. The number of hydrogen-bond acceptors (Lipinski definition) is 4. The molecule has 134 valence electrons. The summed E-state index contributed by atoms with van der Waals surface area (Å²) >= 11 is 1.47. The highest BCUT2D eigenvalue weighted by Gasteiger charge is 2.43. The van der Waals surface area contributed by atoms with Gasteiger partial charge >= 0.3 is 0 Å². The van der Waals surface area contributed by atoms with Gasteiger partial charge in [-0.1, -0.05) is 0 Å². The maximum Gasteiger partial charge on any atom is 0.262 e. The van der Waals surface area contributed by atoms with Gasteiger partial charge in [0.15, 0.2) is 0 Å². The van der Waals surface area contributed by atoms with E-state index in [2.05, 4.69) is 10.6 Å². The van der Waals surface area contributed by atoms with Crippen LogP contribution in [0.2, 0.25) is 0 Å². The van der Waals surface area contributed by atoms with Crippen LogP contribution in [0, 0.1) is 0 Å². The van der Waals surface area contributed by atoms with Gasteiger partial charge in [0.2, 0.25) is 5.91 Å². The van der Waals surface area contributed by atoms with E-state index >= 15 is 0 Å². The Morgan fingerprint density at radius 2 is 2.04 bits per heavy atom. The van der Waals surface area contributed by atoms with Gasteiger partial charge in [0.1, 0.15) is 0 Å². The number of carbonyl (C=O) groups is 2. The number of nitrogens with one attached hydrogen (secondary N) is 2. The molecule has 1 atom stereocenters. The largest absolute Gasteiger partial charge is 0.349 e. The molecule has 2 fully saturated rings. The summed E-state index contributed by atoms with van der Waals surface area (Å²) in [6, 6.07) is 0.997. The van der Waals surface area contributed by atoms with Gasteiger partial charge < -0.3 is 10.2 Å². The van der Waals surface area contributed by atoms with Crippen molar-refractivity contribution in [2.75, 3.05) is 19.6 Å². The van der Waals surface area contributed by atoms with Gasteiger partial charge in [-0.05, 0) is 24.3 Å². The Hall–Kier alpha value is -1.25. The van der Waals surface area contributed by atoms with E-state index < -0.39 is 24.9 Å². The van der Waals surface area contributed by atoms with Gasteiger partial charge in [-0.2, -0.15) is 11.3 Å². The highest BCUT2D eigenvalue weighted by Crippen LogP contribution is 2.26. The molecule has 0 radical (unpaired) electrons. The number of likely N-dealkylation sites (tertiary alicyclic amines) is 1. The summed E-state index contributed by atoms with van der Waals surface area (Å²) in [7, 11) is 0. The van der Waals surface area contributed by atoms with E-state index in [1.807, 2.05) is 5.38 Å². The lowest BCUT2D eigenvalue weighted by Gasteiger charge is -2.33. The van der Waals surface area contributed by atoms with Crippen molar-refractivity contribution in [3.05, 3.63) is 22.4 Å². The first-order valence-corrected chi connectivity index (χ1v) is 8.62. The molecule has 5 nitrogen and oxygen atoms in total. The van der Waals surface area contributed by atoms with Crippen LogP contribution in [-0.2, 0) is 4.79 Å². The fourth-order valence-corrected chi connectivity index (χ4v) is 3.65. The molecule has 2 N–H and O–H groups in total. The second-order valence-corrected chi connectivity index (χ2v) is 6.86. The molecular formula is C15H20ClF2N3O2S. The summed E-state index contributed by atoms with van der Waals surface area (Å²) in [5, 5.41) is 9.19. The lowest BCUT2D eigenvalue weighted by Crippen LogP contribution is -2.50. The Morgan fingerprint density at radius 1 is 1.33 bits per heavy atom. The highest BCUT2D eigenvalue weighted by atomic mass is 35.5. The Kier molecular flexibility index (Phi) is 6.17. The maximum absolute atomic E-state index is 13.2. The summed E-state index contributed by atoms with van der Waals surface area (Å²) in [5.41, 5.74) is 0.644. The molecule has 2 aliphatic heterocycles. The van der Waals surface area contributed by atoms with Crippen molar-refractivity contribution in [3.8, 4) is 0 Å². The maximum atomic E-state index is 13.2. The molecule has 3 heterocycles. The lowest BCUT2D eigenvalue weighted by atomic mass is 10.0. The van der Waals surface area contributed by atoms with E-state index in [0.717, 1.165) is 0 Å². The third-order valence-electron chi connectivity index (χ3n) is 4.33. The quantitative estimate of drug-likeness (QED) is 0.843. The molecule has 1 aromatic rings. The number of amides is 2. The van der Waals surface area contributed by atoms with Crippen LogP contribution < -0.4 is 10.6 Å². The molecule has 1 unspecified atom stereocenters. The second-order valence-electron chi connectivity index (χ2n) is 6.08. The summed E-state index contributed by atoms with van der Waals surface area (Å²) in [6.07, 6.45) is 0.857. The predicted molar refractivity (Wildman–Crippen MR) is 90.0 cm³/mol. The number of piperidine rings is 1. The number of alkyl halides is 2. The van der Waals surface area contributed by atoms with Crippen LogP contribution in [0.5, 0.6) is 0 Å². The molecule has 2 saturated heterocycles. The average Bonchev–Trinajstić information content (AvgIpc) is 3.17. The lowest BCUT2D eigenvalue weighted by molar-refractivity contribution is -0.134. The molecule has 1 aromatic heterocycles. The third-order valence-corrected chi connectivity index (χ3v) is 5.02. The minimum absolute atomic E-state index is 0. The molecule has 0 bridgehead atoms. The first kappa shape index (κ1) is 19.1. The van der Waals surface area contributed by atoms with Gasteiger partial charge in [0, 0.05) is 36.5 Å². The van der Waals surface area contributed by atoms with Crippen LogP contribution in [0.4, 0.5) is 8.78 Å². The van der Waals surface area contributed by atoms with Crippen molar-refractivity contribution >= 4 is 35.6 Å². The minimum atomic E-state index is -2.80. The van der Waals surface area contributed by atoms with Gasteiger partial charge in [-0.15, -0.1) is 12.4 Å². The third kappa shape index (κ3) is 4.43. The van der Waals surface area contributed by atoms with Crippen molar-refractivity contribution in [2.45, 2.75) is 37.3 Å². The van der Waals surface area contributed by atoms with Crippen LogP contribution in [0.1, 0.15) is 29.6 Å². The van der Waals surface area contributed by atoms with Crippen molar-refractivity contribution in [1.82, 2.24) is 15.5 Å². The molecule has 0 aromatic carbocycles. The SMILES string of the molecule is Cl.O=C(NC1CCN(C(=O)C2CC(F)(F)CN2)CC1)c1ccsc1. The number of hydrogen-bond donors (Lipinski definition) is 2. The highest BCUT2D eigenvalue weighted by molar-refractivity contribution is 7.08. The van der Waals surface area contributed by atoms with Gasteiger partial charge in [0.05, 0.1) is 12.6 Å². The van der Waals surface area contributed by atoms with E-state index in [4.69, 9.17) is 0 Å². The smallest absolute Gasteiger partial charge is 0.262 e. The molecule has 0 aliphatic carbocycles. The second kappa shape index (κ2) is 7.76. The van der Waals surface area contributed by atoms with Crippen LogP contribution in [-0.4, -0.2) is 54.4 Å². The fourth-order valence-electron chi connectivity index (χ4n) is 3.02. The van der Waals surface area contributed by atoms with Crippen molar-refractivity contribution < 1.29 is 18.4 Å². The molecular weight excluding hydrogens is 360 g/mol. The first-order chi connectivity index (χ1) is 10.9. The van der Waals surface area contributed by atoms with Crippen LogP contribution in [0.15, 0.2) is 16.8 Å². The number of thiophene rings is 1. The summed E-state index contributed by atoms with van der Waals surface area (Å²) in [4.78, 5) is 25.9. The topological polar surface area (TPSA) is 61.4 Å². The van der Waals surface area contributed by atoms with E-state index in [1.165, 1.54) is 11.3 Å². The summed E-state index contributed by atoms with van der Waals surface area (Å²) in [6.45, 7) is 0.533. The summed E-state index contributed by atoms with van der Waals surface area (Å²) in [5.74, 6) is -3.16. The van der Waals surface area contributed by atoms with Gasteiger partial charge in [-0.25, -0.2) is 8.78 Å². The number of nitrogens with zero attached hydrogens (tertiary/aromatic N) is 1. The van der Waals surface area contributed by atoms with Crippen molar-refractivity contribution in [2.24, 2.45) is 0 Å². The fraction of sp³-hybridized carbons (Fsp3) is 0.600. The number of halogens is 3. The van der Waals surface area contributed by atoms with Gasteiger partial charge in [-0.3, -0.25) is 14.9 Å². The minimum Gasteiger partial charge on any atom is -0.349 e. The van der Waals surface area contributed by atoms with E-state index in [-0.39, 0.29) is 30.3 Å². The van der Waals surface area contributed by atoms with E-state index in [1.54, 1.807) is 16.3 Å². The molecule has 9 heteroatoms. The Bertz CT molecular complexity index is 577. The Morgan fingerprint density at radius 3 is 2.58 bits per heavy atom. The predicted octanol–water partition coefficient (Wildman–Crippen LogP) is 1.89.